The summed E-state index contributed by atoms with van der Waals surface area (Å²) >= 11 is 1.73. The molecule has 0 aliphatic carbocycles. The second kappa shape index (κ2) is 5.84. The predicted octanol–water partition coefficient (Wildman–Crippen LogP) is 2.52. The van der Waals surface area contributed by atoms with Crippen molar-refractivity contribution in [2.24, 2.45) is 0 Å². The monoisotopic (exact) mass is 276 g/mol. The van der Waals surface area contributed by atoms with Crippen LogP contribution in [-0.4, -0.2) is 22.0 Å². The maximum atomic E-state index is 11.9. The minimum atomic E-state index is -0.348. The van der Waals surface area contributed by atoms with Gasteiger partial charge in [-0.1, -0.05) is 0 Å². The molecule has 2 N–H and O–H groups in total. The first-order valence-corrected chi connectivity index (χ1v) is 6.88. The normalized spacial score (nSPS) is 12.1. The van der Waals surface area contributed by atoms with Crippen molar-refractivity contribution in [1.82, 2.24) is 10.3 Å². The van der Waals surface area contributed by atoms with Crippen molar-refractivity contribution in [2.45, 2.75) is 26.3 Å². The van der Waals surface area contributed by atoms with Crippen molar-refractivity contribution < 1.29 is 9.90 Å². The van der Waals surface area contributed by atoms with Crippen LogP contribution >= 0.6 is 11.3 Å². The maximum Gasteiger partial charge on any atom is 0.273 e. The summed E-state index contributed by atoms with van der Waals surface area (Å²) in [4.78, 5) is 18.3. The van der Waals surface area contributed by atoms with Gasteiger partial charge in [0.2, 0.25) is 0 Å². The molecular formula is C14H16N2O2S. The Hall–Kier alpha value is -1.88. The number of carbonyl (C=O) groups excluding carboxylic acids is 1. The molecule has 1 amide bonds. The van der Waals surface area contributed by atoms with Gasteiger partial charge in [0.25, 0.3) is 5.91 Å². The summed E-state index contributed by atoms with van der Waals surface area (Å²) in [5.41, 5.74) is 0.0664. The zero-order valence-electron chi connectivity index (χ0n) is 10.9. The molecule has 0 bridgehead atoms. The standard InChI is InChI=1S/C14H16N2O2S/c1-9(8-11-6-5-10(2)19-11)16-14(18)13-12(17)4-3-7-15-13/h3-7,9,17H,8H2,1-2H3,(H,16,18). The van der Waals surface area contributed by atoms with E-state index >= 15 is 0 Å². The number of rotatable bonds is 4. The number of aryl methyl sites for hydroxylation is 1. The molecule has 0 fully saturated rings. The van der Waals surface area contributed by atoms with Crippen LogP contribution in [0.25, 0.3) is 0 Å². The highest BCUT2D eigenvalue weighted by molar-refractivity contribution is 7.11. The molecule has 0 aromatic carbocycles. The van der Waals surface area contributed by atoms with Gasteiger partial charge in [-0.2, -0.15) is 0 Å². The number of aromatic hydroxyl groups is 1. The molecule has 0 saturated carbocycles. The Morgan fingerprint density at radius 2 is 2.26 bits per heavy atom. The predicted molar refractivity (Wildman–Crippen MR) is 75.6 cm³/mol. The average molecular weight is 276 g/mol. The molecule has 2 rings (SSSR count). The molecule has 2 heterocycles. The van der Waals surface area contributed by atoms with Gasteiger partial charge in [-0.25, -0.2) is 4.98 Å². The molecule has 2 aromatic rings. The molecule has 4 nitrogen and oxygen atoms in total. The lowest BCUT2D eigenvalue weighted by Gasteiger charge is -2.12. The highest BCUT2D eigenvalue weighted by Crippen LogP contribution is 2.17. The Morgan fingerprint density at radius 3 is 2.89 bits per heavy atom. The minimum absolute atomic E-state index is 0.00745. The number of nitrogens with zero attached hydrogens (tertiary/aromatic N) is 1. The third-order valence-corrected chi connectivity index (χ3v) is 3.71. The second-order valence-corrected chi connectivity index (χ2v) is 5.83. The van der Waals surface area contributed by atoms with Crippen LogP contribution in [0.1, 0.15) is 27.2 Å². The van der Waals surface area contributed by atoms with E-state index in [1.165, 1.54) is 22.0 Å². The van der Waals surface area contributed by atoms with Crippen molar-refractivity contribution in [2.75, 3.05) is 0 Å². The number of thiophene rings is 1. The van der Waals surface area contributed by atoms with Gasteiger partial charge in [-0.3, -0.25) is 4.79 Å². The highest BCUT2D eigenvalue weighted by Gasteiger charge is 2.15. The lowest BCUT2D eigenvalue weighted by Crippen LogP contribution is -2.34. The Labute approximate surface area is 116 Å². The lowest BCUT2D eigenvalue weighted by molar-refractivity contribution is 0.0932. The SMILES string of the molecule is Cc1ccc(CC(C)NC(=O)c2ncccc2O)s1. The van der Waals surface area contributed by atoms with Gasteiger partial charge in [0.15, 0.2) is 5.69 Å². The van der Waals surface area contributed by atoms with E-state index in [1.54, 1.807) is 17.4 Å². The van der Waals surface area contributed by atoms with Crippen molar-refractivity contribution in [1.29, 1.82) is 0 Å². The van der Waals surface area contributed by atoms with E-state index in [4.69, 9.17) is 0 Å². The minimum Gasteiger partial charge on any atom is -0.505 e. The van der Waals surface area contributed by atoms with Crippen molar-refractivity contribution in [3.8, 4) is 5.75 Å². The Bertz CT molecular complexity index is 580. The molecular weight excluding hydrogens is 260 g/mol. The van der Waals surface area contributed by atoms with E-state index in [0.717, 1.165) is 6.42 Å². The quantitative estimate of drug-likeness (QED) is 0.902. The van der Waals surface area contributed by atoms with E-state index in [2.05, 4.69) is 29.4 Å². The van der Waals surface area contributed by atoms with E-state index in [1.807, 2.05) is 6.92 Å². The van der Waals surface area contributed by atoms with Crippen LogP contribution in [0, 0.1) is 6.92 Å². The summed E-state index contributed by atoms with van der Waals surface area (Å²) in [5, 5.41) is 12.4. The summed E-state index contributed by atoms with van der Waals surface area (Å²) in [6.07, 6.45) is 2.26. The van der Waals surface area contributed by atoms with Gasteiger partial charge in [-0.05, 0) is 38.1 Å². The first-order valence-electron chi connectivity index (χ1n) is 6.06. The van der Waals surface area contributed by atoms with Crippen molar-refractivity contribution >= 4 is 17.2 Å². The first kappa shape index (κ1) is 13.5. The van der Waals surface area contributed by atoms with E-state index in [0.29, 0.717) is 0 Å². The molecule has 0 spiro atoms. The molecule has 19 heavy (non-hydrogen) atoms. The summed E-state index contributed by atoms with van der Waals surface area (Å²) in [6, 6.07) is 7.17. The number of carbonyl (C=O) groups is 1. The summed E-state index contributed by atoms with van der Waals surface area (Å²) in [5.74, 6) is -0.446. The molecule has 100 valence electrons. The zero-order chi connectivity index (χ0) is 13.8. The van der Waals surface area contributed by atoms with Crippen LogP contribution in [0.2, 0.25) is 0 Å². The molecule has 0 aliphatic heterocycles. The molecule has 0 radical (unpaired) electrons. The van der Waals surface area contributed by atoms with Crippen molar-refractivity contribution in [3.63, 3.8) is 0 Å². The van der Waals surface area contributed by atoms with Crippen LogP contribution in [0.3, 0.4) is 0 Å². The summed E-state index contributed by atoms with van der Waals surface area (Å²) < 4.78 is 0. The van der Waals surface area contributed by atoms with Crippen molar-refractivity contribution in [3.05, 3.63) is 45.9 Å². The number of hydrogen-bond donors (Lipinski definition) is 2. The summed E-state index contributed by atoms with van der Waals surface area (Å²) in [7, 11) is 0. The van der Waals surface area contributed by atoms with Gasteiger partial charge in [0.05, 0.1) is 0 Å². The van der Waals surface area contributed by atoms with Gasteiger partial charge in [-0.15, -0.1) is 11.3 Å². The average Bonchev–Trinajstić information content (AvgIpc) is 2.74. The van der Waals surface area contributed by atoms with Crippen LogP contribution < -0.4 is 5.32 Å². The third-order valence-electron chi connectivity index (χ3n) is 2.68. The van der Waals surface area contributed by atoms with Crippen LogP contribution in [0.5, 0.6) is 5.75 Å². The largest absolute Gasteiger partial charge is 0.505 e. The summed E-state index contributed by atoms with van der Waals surface area (Å²) in [6.45, 7) is 4.00. The smallest absolute Gasteiger partial charge is 0.273 e. The molecule has 5 heteroatoms. The number of nitrogens with one attached hydrogen (secondary N) is 1. The Balaban J connectivity index is 1.97. The first-order chi connectivity index (χ1) is 9.06. The van der Waals surface area contributed by atoms with Gasteiger partial charge >= 0.3 is 0 Å². The fourth-order valence-corrected chi connectivity index (χ4v) is 2.83. The lowest BCUT2D eigenvalue weighted by atomic mass is 10.2. The van der Waals surface area contributed by atoms with Gasteiger partial charge in [0, 0.05) is 28.4 Å². The molecule has 0 saturated heterocycles. The Morgan fingerprint density at radius 1 is 1.47 bits per heavy atom. The van der Waals surface area contributed by atoms with Crippen LogP contribution in [0.15, 0.2) is 30.5 Å². The van der Waals surface area contributed by atoms with E-state index in [9.17, 15) is 9.90 Å². The topological polar surface area (TPSA) is 62.2 Å². The number of amides is 1. The van der Waals surface area contributed by atoms with Gasteiger partial charge < -0.3 is 10.4 Å². The molecule has 1 atom stereocenters. The molecule has 0 aliphatic rings. The van der Waals surface area contributed by atoms with Gasteiger partial charge in [0.1, 0.15) is 5.75 Å². The number of hydrogen-bond acceptors (Lipinski definition) is 4. The van der Waals surface area contributed by atoms with E-state index < -0.39 is 0 Å². The fourth-order valence-electron chi connectivity index (χ4n) is 1.81. The Kier molecular flexibility index (Phi) is 4.16. The molecule has 1 unspecified atom stereocenters. The fraction of sp³-hybridized carbons (Fsp3) is 0.286. The van der Waals surface area contributed by atoms with E-state index in [-0.39, 0.29) is 23.4 Å². The van der Waals surface area contributed by atoms with Crippen LogP contribution in [0.4, 0.5) is 0 Å². The second-order valence-electron chi connectivity index (χ2n) is 4.46. The van der Waals surface area contributed by atoms with Crippen LogP contribution in [-0.2, 0) is 6.42 Å². The number of pyridine rings is 1. The molecule has 2 aromatic heterocycles. The third kappa shape index (κ3) is 3.54. The maximum absolute atomic E-state index is 11.9. The highest BCUT2D eigenvalue weighted by atomic mass is 32.1. The number of aromatic nitrogens is 1. The zero-order valence-corrected chi connectivity index (χ0v) is 11.7.